The zero-order chi connectivity index (χ0) is 21.9. The Morgan fingerprint density at radius 2 is 1.84 bits per heavy atom. The van der Waals surface area contributed by atoms with Gasteiger partial charge in [0.25, 0.3) is 0 Å². The van der Waals surface area contributed by atoms with Gasteiger partial charge in [-0.25, -0.2) is 15.0 Å². The van der Waals surface area contributed by atoms with Gasteiger partial charge in [0.2, 0.25) is 0 Å². The lowest BCUT2D eigenvalue weighted by molar-refractivity contribution is 0.276. The fourth-order valence-electron chi connectivity index (χ4n) is 3.94. The van der Waals surface area contributed by atoms with Crippen LogP contribution in [0.4, 0.5) is 11.6 Å². The van der Waals surface area contributed by atoms with Gasteiger partial charge in [0.05, 0.1) is 22.9 Å². The number of nitrogens with zero attached hydrogens (tertiary/aromatic N) is 5. The van der Waals surface area contributed by atoms with Crippen molar-refractivity contribution in [3.8, 4) is 10.4 Å². The topological polar surface area (TPSA) is 77.4 Å². The summed E-state index contributed by atoms with van der Waals surface area (Å²) in [6.07, 6.45) is 3.51. The van der Waals surface area contributed by atoms with E-state index in [1.807, 2.05) is 36.5 Å². The number of aromatic nitrogens is 3. The molecule has 1 aliphatic heterocycles. The Morgan fingerprint density at radius 3 is 2.56 bits per heavy atom. The van der Waals surface area contributed by atoms with E-state index in [9.17, 15) is 5.11 Å². The number of aliphatic hydroxyl groups excluding tert-OH is 1. The number of aliphatic hydroxyl groups is 1. The summed E-state index contributed by atoms with van der Waals surface area (Å²) in [5, 5.41) is 13.3. The van der Waals surface area contributed by atoms with Crippen molar-refractivity contribution < 1.29 is 5.11 Å². The second-order valence-corrected chi connectivity index (χ2v) is 9.09. The summed E-state index contributed by atoms with van der Waals surface area (Å²) in [5.74, 6) is 1.76. The fraction of sp³-hybridized carbons (Fsp3) is 0.292. The van der Waals surface area contributed by atoms with E-state index in [1.165, 1.54) is 0 Å². The molecule has 0 unspecified atom stereocenters. The Balaban J connectivity index is 1.39. The Hall–Kier alpha value is -3.07. The smallest absolute Gasteiger partial charge is 0.148 e. The number of anilines is 2. The van der Waals surface area contributed by atoms with Crippen molar-refractivity contribution in [2.75, 3.05) is 50.1 Å². The minimum Gasteiger partial charge on any atom is -0.394 e. The maximum Gasteiger partial charge on any atom is 0.148 e. The van der Waals surface area contributed by atoms with E-state index in [1.54, 1.807) is 17.7 Å². The number of rotatable bonds is 6. The average Bonchev–Trinajstić information content (AvgIpc) is 3.29. The number of hydrogen-bond acceptors (Lipinski definition) is 8. The van der Waals surface area contributed by atoms with Gasteiger partial charge in [-0.3, -0.25) is 0 Å². The number of piperazine rings is 1. The largest absolute Gasteiger partial charge is 0.394 e. The summed E-state index contributed by atoms with van der Waals surface area (Å²) >= 11 is 1.64. The summed E-state index contributed by atoms with van der Waals surface area (Å²) in [4.78, 5) is 19.4. The second-order valence-electron chi connectivity index (χ2n) is 8.03. The molecule has 2 N–H and O–H groups in total. The Bertz CT molecular complexity index is 1170. The predicted molar refractivity (Wildman–Crippen MR) is 130 cm³/mol. The molecule has 1 aliphatic rings. The van der Waals surface area contributed by atoms with Crippen LogP contribution in [0.3, 0.4) is 0 Å². The first-order chi connectivity index (χ1) is 15.7. The van der Waals surface area contributed by atoms with Crippen LogP contribution in [0.1, 0.15) is 11.6 Å². The monoisotopic (exact) mass is 446 g/mol. The molecule has 1 aromatic carbocycles. The molecule has 0 bridgehead atoms. The van der Waals surface area contributed by atoms with E-state index in [0.29, 0.717) is 0 Å². The summed E-state index contributed by atoms with van der Waals surface area (Å²) in [6.45, 7) is 4.11. The number of pyridine rings is 1. The molecule has 164 valence electrons. The third-order valence-electron chi connectivity index (χ3n) is 5.87. The van der Waals surface area contributed by atoms with Gasteiger partial charge in [-0.05, 0) is 30.8 Å². The molecule has 7 nitrogen and oxygen atoms in total. The lowest BCUT2D eigenvalue weighted by Crippen LogP contribution is -2.44. The molecule has 0 spiro atoms. The van der Waals surface area contributed by atoms with E-state index in [0.717, 1.165) is 64.0 Å². The van der Waals surface area contributed by atoms with Crippen molar-refractivity contribution in [3.63, 3.8) is 0 Å². The maximum atomic E-state index is 9.93. The van der Waals surface area contributed by atoms with Crippen LogP contribution in [-0.2, 0) is 0 Å². The van der Waals surface area contributed by atoms with Crippen LogP contribution >= 0.6 is 11.3 Å². The van der Waals surface area contributed by atoms with Gasteiger partial charge in [0.1, 0.15) is 18.0 Å². The SMILES string of the molecule is CN1CCN(c2ccc(-c3cc4ncnc(N[C@H](CO)c5ccccc5)c4s3)cn2)CC1. The minimum atomic E-state index is -0.232. The van der Waals surface area contributed by atoms with E-state index < -0.39 is 0 Å². The molecule has 0 radical (unpaired) electrons. The van der Waals surface area contributed by atoms with E-state index >= 15 is 0 Å². The molecule has 4 heterocycles. The lowest BCUT2D eigenvalue weighted by atomic mass is 10.1. The zero-order valence-corrected chi connectivity index (χ0v) is 18.8. The van der Waals surface area contributed by atoms with E-state index in [4.69, 9.17) is 4.98 Å². The van der Waals surface area contributed by atoms with Crippen molar-refractivity contribution in [1.29, 1.82) is 0 Å². The quantitative estimate of drug-likeness (QED) is 0.468. The number of fused-ring (bicyclic) bond motifs is 1. The molecule has 0 aliphatic carbocycles. The first kappa shape index (κ1) is 20.8. The summed E-state index contributed by atoms with van der Waals surface area (Å²) in [5.41, 5.74) is 2.97. The molecule has 8 heteroatoms. The predicted octanol–water partition coefficient (Wildman–Crippen LogP) is 3.65. The van der Waals surface area contributed by atoms with Crippen LogP contribution in [0, 0.1) is 0 Å². The Morgan fingerprint density at radius 1 is 1.03 bits per heavy atom. The van der Waals surface area contributed by atoms with Crippen LogP contribution in [0.2, 0.25) is 0 Å². The first-order valence-corrected chi connectivity index (χ1v) is 11.6. The molecule has 5 rings (SSSR count). The molecule has 1 atom stereocenters. The number of thiophene rings is 1. The molecule has 0 amide bonds. The van der Waals surface area contributed by atoms with Crippen LogP contribution in [0.5, 0.6) is 0 Å². The van der Waals surface area contributed by atoms with Crippen LogP contribution < -0.4 is 10.2 Å². The van der Waals surface area contributed by atoms with Crippen molar-refractivity contribution in [3.05, 3.63) is 66.6 Å². The standard InChI is InChI=1S/C24H26N6OS/c1-29-9-11-30(12-10-29)22-8-7-18(14-25-22)21-13-19-23(32-21)24(27-16-26-19)28-20(15-31)17-5-3-2-4-6-17/h2-8,13-14,16,20,31H,9-12,15H2,1H3,(H,26,27,28)/t20-/m1/s1. The molecule has 1 fully saturated rings. The van der Waals surface area contributed by atoms with Crippen LogP contribution in [-0.4, -0.2) is 64.8 Å². The molecule has 0 saturated carbocycles. The number of likely N-dealkylation sites (N-methyl/N-ethyl adjacent to an activating group) is 1. The minimum absolute atomic E-state index is 0.0224. The number of nitrogens with one attached hydrogen (secondary N) is 1. The van der Waals surface area contributed by atoms with E-state index in [2.05, 4.69) is 50.3 Å². The molecule has 4 aromatic rings. The highest BCUT2D eigenvalue weighted by atomic mass is 32.1. The van der Waals surface area contributed by atoms with Gasteiger partial charge in [-0.1, -0.05) is 30.3 Å². The third-order valence-corrected chi connectivity index (χ3v) is 7.05. The fourth-order valence-corrected chi connectivity index (χ4v) is 4.99. The van der Waals surface area contributed by atoms with E-state index in [-0.39, 0.29) is 12.6 Å². The van der Waals surface area contributed by atoms with Crippen molar-refractivity contribution >= 4 is 33.2 Å². The van der Waals surface area contributed by atoms with Gasteiger partial charge in [0.15, 0.2) is 0 Å². The summed E-state index contributed by atoms with van der Waals surface area (Å²) < 4.78 is 0.972. The molecule has 1 saturated heterocycles. The highest BCUT2D eigenvalue weighted by Crippen LogP contribution is 2.36. The third kappa shape index (κ3) is 4.29. The van der Waals surface area contributed by atoms with Gasteiger partial charge >= 0.3 is 0 Å². The van der Waals surface area contributed by atoms with Crippen molar-refractivity contribution in [2.24, 2.45) is 0 Å². The zero-order valence-electron chi connectivity index (χ0n) is 18.0. The number of benzene rings is 1. The first-order valence-electron chi connectivity index (χ1n) is 10.8. The van der Waals surface area contributed by atoms with Gasteiger partial charge in [0, 0.05) is 42.8 Å². The molecule has 32 heavy (non-hydrogen) atoms. The maximum absolute atomic E-state index is 9.93. The van der Waals surface area contributed by atoms with Gasteiger partial charge < -0.3 is 20.2 Å². The molecular formula is C24H26N6OS. The van der Waals surface area contributed by atoms with Crippen molar-refractivity contribution in [1.82, 2.24) is 19.9 Å². The lowest BCUT2D eigenvalue weighted by Gasteiger charge is -2.33. The van der Waals surface area contributed by atoms with Crippen LogP contribution in [0.15, 0.2) is 61.1 Å². The number of hydrogen-bond donors (Lipinski definition) is 2. The Labute approximate surface area is 191 Å². The summed E-state index contributed by atoms with van der Waals surface area (Å²) in [7, 11) is 2.16. The normalized spacial score (nSPS) is 15.8. The molecule has 3 aromatic heterocycles. The van der Waals surface area contributed by atoms with Gasteiger partial charge in [-0.2, -0.15) is 0 Å². The van der Waals surface area contributed by atoms with Gasteiger partial charge in [-0.15, -0.1) is 11.3 Å². The van der Waals surface area contributed by atoms with Crippen molar-refractivity contribution in [2.45, 2.75) is 6.04 Å². The van der Waals surface area contributed by atoms with Crippen LogP contribution in [0.25, 0.3) is 20.7 Å². The average molecular weight is 447 g/mol. The highest BCUT2D eigenvalue weighted by molar-refractivity contribution is 7.22. The highest BCUT2D eigenvalue weighted by Gasteiger charge is 2.17. The molecular weight excluding hydrogens is 420 g/mol. The summed E-state index contributed by atoms with van der Waals surface area (Å²) in [6, 6.07) is 16.0. The Kier molecular flexibility index (Phi) is 5.98. The second kappa shape index (κ2) is 9.20.